The quantitative estimate of drug-likeness (QED) is 0.497. The van der Waals surface area contributed by atoms with Crippen molar-refractivity contribution >= 4 is 31.6 Å². The summed E-state index contributed by atoms with van der Waals surface area (Å²) in [5, 5.41) is 9.62. The Morgan fingerprint density at radius 2 is 2.00 bits per heavy atom. The minimum absolute atomic E-state index is 0.00162. The lowest BCUT2D eigenvalue weighted by atomic mass is 9.99. The van der Waals surface area contributed by atoms with Gasteiger partial charge < -0.3 is 19.3 Å². The summed E-state index contributed by atoms with van der Waals surface area (Å²) in [6.07, 6.45) is 2.99. The van der Waals surface area contributed by atoms with Crippen LogP contribution in [0.3, 0.4) is 0 Å². The van der Waals surface area contributed by atoms with Crippen molar-refractivity contribution in [3.8, 4) is 5.75 Å². The van der Waals surface area contributed by atoms with Gasteiger partial charge in [-0.15, -0.1) is 0 Å². The molecule has 2 N–H and O–H groups in total. The number of amides is 1. The average Bonchev–Trinajstić information content (AvgIpc) is 3.22. The van der Waals surface area contributed by atoms with Crippen LogP contribution in [0.2, 0.25) is 0 Å². The van der Waals surface area contributed by atoms with Crippen molar-refractivity contribution in [1.29, 1.82) is 0 Å². The molecule has 0 bridgehead atoms. The summed E-state index contributed by atoms with van der Waals surface area (Å²) in [7, 11) is -4.58. The number of carbonyl (C=O) groups excluding carboxylic acids is 1. The maximum absolute atomic E-state index is 13.4. The largest absolute Gasteiger partial charge is 0.486 e. The van der Waals surface area contributed by atoms with Crippen molar-refractivity contribution in [2.45, 2.75) is 31.0 Å². The molecule has 14 heteroatoms. The molecule has 1 aliphatic rings. The summed E-state index contributed by atoms with van der Waals surface area (Å²) < 4.78 is 61.2. The number of aryl methyl sites for hydroxylation is 1. The number of sulfonamides is 2. The van der Waals surface area contributed by atoms with Gasteiger partial charge in [-0.05, 0) is 19.1 Å². The van der Waals surface area contributed by atoms with Crippen LogP contribution in [0.1, 0.15) is 24.2 Å². The molecule has 2 aromatic rings. The molecule has 194 valence electrons. The first-order valence-electron chi connectivity index (χ1n) is 10.9. The predicted molar refractivity (Wildman–Crippen MR) is 129 cm³/mol. The van der Waals surface area contributed by atoms with Crippen molar-refractivity contribution in [1.82, 2.24) is 18.8 Å². The second-order valence-electron chi connectivity index (χ2n) is 8.84. The number of imidazole rings is 1. The number of aliphatic hydroxyl groups excluding tert-OH is 1. The predicted octanol–water partition coefficient (Wildman–Crippen LogP) is 0.332. The molecule has 2 heterocycles. The Bertz CT molecular complexity index is 1290. The van der Waals surface area contributed by atoms with Crippen molar-refractivity contribution in [2.24, 2.45) is 13.0 Å². The highest BCUT2D eigenvalue weighted by Gasteiger charge is 2.36. The third-order valence-electron chi connectivity index (χ3n) is 5.78. The van der Waals surface area contributed by atoms with E-state index in [1.807, 2.05) is 0 Å². The Morgan fingerprint density at radius 1 is 1.31 bits per heavy atom. The van der Waals surface area contributed by atoms with E-state index in [4.69, 9.17) is 4.74 Å². The van der Waals surface area contributed by atoms with Gasteiger partial charge >= 0.3 is 0 Å². The number of hydrogen-bond acceptors (Lipinski definition) is 8. The third kappa shape index (κ3) is 5.94. The lowest BCUT2D eigenvalue weighted by Crippen LogP contribution is -2.50. The molecule has 0 unspecified atom stereocenters. The molecule has 0 aliphatic carbocycles. The van der Waals surface area contributed by atoms with Crippen LogP contribution in [0.5, 0.6) is 5.75 Å². The zero-order valence-corrected chi connectivity index (χ0v) is 21.9. The van der Waals surface area contributed by atoms with Crippen LogP contribution in [-0.4, -0.2) is 91.8 Å². The summed E-state index contributed by atoms with van der Waals surface area (Å²) in [6.45, 7) is 3.30. The molecule has 12 nitrogen and oxygen atoms in total. The second kappa shape index (κ2) is 10.1. The number of anilines is 1. The van der Waals surface area contributed by atoms with E-state index in [9.17, 15) is 26.7 Å². The van der Waals surface area contributed by atoms with Gasteiger partial charge in [0.2, 0.25) is 10.0 Å². The van der Waals surface area contributed by atoms with E-state index in [0.29, 0.717) is 0 Å². The number of benzene rings is 1. The van der Waals surface area contributed by atoms with Crippen molar-refractivity contribution < 1.29 is 31.5 Å². The smallest absolute Gasteiger partial charge is 0.261 e. The van der Waals surface area contributed by atoms with Gasteiger partial charge in [0.05, 0.1) is 43.0 Å². The summed E-state index contributed by atoms with van der Waals surface area (Å²) in [4.78, 5) is 18.8. The molecule has 35 heavy (non-hydrogen) atoms. The van der Waals surface area contributed by atoms with E-state index in [1.165, 1.54) is 47.2 Å². The molecular weight excluding hydrogens is 498 g/mol. The Labute approximate surface area is 205 Å². The van der Waals surface area contributed by atoms with Crippen molar-refractivity contribution in [2.75, 3.05) is 37.7 Å². The number of aromatic nitrogens is 2. The van der Waals surface area contributed by atoms with Crippen LogP contribution in [0.25, 0.3) is 0 Å². The van der Waals surface area contributed by atoms with Crippen LogP contribution < -0.4 is 9.46 Å². The first-order valence-corrected chi connectivity index (χ1v) is 14.2. The number of hydrogen-bond donors (Lipinski definition) is 2. The van der Waals surface area contributed by atoms with Crippen molar-refractivity contribution in [3.05, 3.63) is 36.3 Å². The normalized spacial score (nSPS) is 20.1. The number of nitrogens with zero attached hydrogens (tertiary/aromatic N) is 4. The number of nitrogens with one attached hydrogen (secondary N) is 1. The van der Waals surface area contributed by atoms with E-state index in [-0.39, 0.29) is 47.6 Å². The number of likely N-dealkylation sites (N-methyl/N-ethyl adjacent to an activating group) is 1. The number of carbonyl (C=O) groups is 1. The Balaban J connectivity index is 2.06. The lowest BCUT2D eigenvalue weighted by Gasteiger charge is -2.38. The van der Waals surface area contributed by atoms with Crippen LogP contribution >= 0.6 is 0 Å². The first kappa shape index (κ1) is 26.9. The lowest BCUT2D eigenvalue weighted by molar-refractivity contribution is 0.0389. The number of aliphatic hydroxyl groups is 1. The van der Waals surface area contributed by atoms with Crippen LogP contribution in [0.15, 0.2) is 35.7 Å². The van der Waals surface area contributed by atoms with E-state index < -0.39 is 38.1 Å². The zero-order valence-electron chi connectivity index (χ0n) is 20.2. The maximum Gasteiger partial charge on any atom is 0.261 e. The summed E-state index contributed by atoms with van der Waals surface area (Å²) in [6, 6.07) is 3.96. The van der Waals surface area contributed by atoms with Crippen LogP contribution in [-0.2, 0) is 27.1 Å². The minimum atomic E-state index is -3.93. The molecule has 1 aromatic carbocycles. The van der Waals surface area contributed by atoms with Gasteiger partial charge in [-0.1, -0.05) is 13.0 Å². The van der Waals surface area contributed by atoms with Gasteiger partial charge in [0.1, 0.15) is 6.10 Å². The Kier molecular flexibility index (Phi) is 7.79. The fourth-order valence-electron chi connectivity index (χ4n) is 3.77. The summed E-state index contributed by atoms with van der Waals surface area (Å²) >= 11 is 0. The standard InChI is InChI=1S/C21H31N5O7S2/c1-14-9-26(15(2)12-27)21(28)16-7-6-8-17(23-34(5,29)30)20(16)33-18(14)10-25(4)35(31,32)19-11-24(3)13-22-19/h6-8,11,13-15,18,23,27H,9-10,12H2,1-5H3/t14-,15+,18+/m0/s1. The average molecular weight is 530 g/mol. The van der Waals surface area contributed by atoms with Gasteiger partial charge in [0.25, 0.3) is 15.9 Å². The topological polar surface area (TPSA) is 151 Å². The number of ether oxygens (including phenoxy) is 1. The fraction of sp³-hybridized carbons (Fsp3) is 0.524. The number of fused-ring (bicyclic) bond motifs is 1. The molecule has 1 aliphatic heterocycles. The zero-order chi connectivity index (χ0) is 26.1. The molecule has 0 saturated carbocycles. The second-order valence-corrected chi connectivity index (χ2v) is 12.6. The van der Waals surface area contributed by atoms with E-state index >= 15 is 0 Å². The molecule has 0 fully saturated rings. The molecule has 1 amide bonds. The number of para-hydroxylation sites is 1. The SMILES string of the molecule is C[C@H](CO)N1C[C@H](C)[C@@H](CN(C)S(=O)(=O)c2cn(C)cn2)Oc2c(NS(C)(=O)=O)cccc2C1=O. The fourth-order valence-corrected chi connectivity index (χ4v) is 5.48. The first-order chi connectivity index (χ1) is 16.2. The van der Waals surface area contributed by atoms with Gasteiger partial charge in [-0.2, -0.15) is 4.31 Å². The molecule has 3 rings (SSSR count). The number of rotatable bonds is 8. The van der Waals surface area contributed by atoms with Gasteiger partial charge in [0, 0.05) is 32.8 Å². The van der Waals surface area contributed by atoms with Gasteiger partial charge in [-0.25, -0.2) is 21.8 Å². The third-order valence-corrected chi connectivity index (χ3v) is 8.08. The molecule has 0 saturated heterocycles. The maximum atomic E-state index is 13.4. The summed E-state index contributed by atoms with van der Waals surface area (Å²) in [5.41, 5.74) is 0.162. The molecular formula is C21H31N5O7S2. The molecule has 0 spiro atoms. The van der Waals surface area contributed by atoms with Crippen molar-refractivity contribution in [3.63, 3.8) is 0 Å². The van der Waals surface area contributed by atoms with Crippen LogP contribution in [0.4, 0.5) is 5.69 Å². The Hall–Kier alpha value is -2.68. The monoisotopic (exact) mass is 529 g/mol. The van der Waals surface area contributed by atoms with Crippen LogP contribution in [0, 0.1) is 5.92 Å². The van der Waals surface area contributed by atoms with E-state index in [2.05, 4.69) is 9.71 Å². The highest BCUT2D eigenvalue weighted by atomic mass is 32.2. The molecule has 0 radical (unpaired) electrons. The highest BCUT2D eigenvalue weighted by Crippen LogP contribution is 2.35. The van der Waals surface area contributed by atoms with E-state index in [1.54, 1.807) is 20.9 Å². The molecule has 3 atom stereocenters. The highest BCUT2D eigenvalue weighted by molar-refractivity contribution is 7.92. The van der Waals surface area contributed by atoms with Gasteiger partial charge in [-0.3, -0.25) is 9.52 Å². The summed E-state index contributed by atoms with van der Waals surface area (Å²) in [5.74, 6) is -0.814. The minimum Gasteiger partial charge on any atom is -0.486 e. The molecule has 1 aromatic heterocycles. The van der Waals surface area contributed by atoms with E-state index in [0.717, 1.165) is 10.6 Å². The van der Waals surface area contributed by atoms with Gasteiger partial charge in [0.15, 0.2) is 10.8 Å². The Morgan fingerprint density at radius 3 is 2.57 bits per heavy atom.